The molecule has 0 radical (unpaired) electrons. The van der Waals surface area contributed by atoms with Crippen LogP contribution in [0.2, 0.25) is 0 Å². The highest BCUT2D eigenvalue weighted by Gasteiger charge is 2.11. The van der Waals surface area contributed by atoms with Crippen molar-refractivity contribution in [2.75, 3.05) is 5.32 Å². The minimum absolute atomic E-state index is 0.0396. The number of Topliss-reactive ketones (excluding diaryl/α,β-unsaturated/α-hetero) is 1. The summed E-state index contributed by atoms with van der Waals surface area (Å²) in [4.78, 5) is 31.6. The van der Waals surface area contributed by atoms with Crippen molar-refractivity contribution in [1.82, 2.24) is 9.97 Å². The molecular formula is C16H17N3O2. The SMILES string of the molecule is Cc1ccc(C(=O)CCC(=O)Nc2ncccn2)cc1C. The fraction of sp³-hybridized carbons (Fsp3) is 0.250. The maximum absolute atomic E-state index is 12.1. The zero-order valence-electron chi connectivity index (χ0n) is 12.1. The summed E-state index contributed by atoms with van der Waals surface area (Å²) in [5, 5.41) is 2.56. The maximum atomic E-state index is 12.1. The molecule has 1 heterocycles. The van der Waals surface area contributed by atoms with Gasteiger partial charge in [-0.05, 0) is 37.1 Å². The number of anilines is 1. The normalized spacial score (nSPS) is 10.2. The van der Waals surface area contributed by atoms with Gasteiger partial charge >= 0.3 is 0 Å². The molecule has 21 heavy (non-hydrogen) atoms. The van der Waals surface area contributed by atoms with Gasteiger partial charge in [0.15, 0.2) is 5.78 Å². The minimum atomic E-state index is -0.265. The maximum Gasteiger partial charge on any atom is 0.229 e. The molecule has 1 N–H and O–H groups in total. The fourth-order valence-corrected chi connectivity index (χ4v) is 1.84. The number of amides is 1. The van der Waals surface area contributed by atoms with Gasteiger partial charge in [0, 0.05) is 30.8 Å². The highest BCUT2D eigenvalue weighted by Crippen LogP contribution is 2.12. The van der Waals surface area contributed by atoms with E-state index >= 15 is 0 Å². The third kappa shape index (κ3) is 4.21. The summed E-state index contributed by atoms with van der Waals surface area (Å²) in [5.74, 6) is -0.0539. The molecular weight excluding hydrogens is 266 g/mol. The van der Waals surface area contributed by atoms with Gasteiger partial charge in [-0.25, -0.2) is 9.97 Å². The van der Waals surface area contributed by atoms with Crippen molar-refractivity contribution < 1.29 is 9.59 Å². The highest BCUT2D eigenvalue weighted by atomic mass is 16.2. The van der Waals surface area contributed by atoms with E-state index in [2.05, 4.69) is 15.3 Å². The molecule has 1 aromatic heterocycles. The molecule has 0 unspecified atom stereocenters. The summed E-state index contributed by atoms with van der Waals surface area (Å²) in [6.07, 6.45) is 3.37. The molecule has 108 valence electrons. The lowest BCUT2D eigenvalue weighted by Gasteiger charge is -2.05. The van der Waals surface area contributed by atoms with E-state index in [0.717, 1.165) is 11.1 Å². The number of aromatic nitrogens is 2. The van der Waals surface area contributed by atoms with Crippen LogP contribution < -0.4 is 5.32 Å². The van der Waals surface area contributed by atoms with E-state index < -0.39 is 0 Å². The number of hydrogen-bond donors (Lipinski definition) is 1. The summed E-state index contributed by atoms with van der Waals surface area (Å²) in [5.41, 5.74) is 2.86. The molecule has 0 atom stereocenters. The summed E-state index contributed by atoms with van der Waals surface area (Å²) in [6, 6.07) is 7.23. The van der Waals surface area contributed by atoms with Crippen LogP contribution in [0.3, 0.4) is 0 Å². The Kier molecular flexibility index (Phi) is 4.77. The molecule has 2 aromatic rings. The first-order valence-electron chi connectivity index (χ1n) is 6.73. The van der Waals surface area contributed by atoms with E-state index in [1.807, 2.05) is 26.0 Å². The lowest BCUT2D eigenvalue weighted by Crippen LogP contribution is -2.15. The Balaban J connectivity index is 1.89. The molecule has 0 spiro atoms. The lowest BCUT2D eigenvalue weighted by atomic mass is 10.0. The minimum Gasteiger partial charge on any atom is -0.295 e. The number of nitrogens with zero attached hydrogens (tertiary/aromatic N) is 2. The number of nitrogens with one attached hydrogen (secondary N) is 1. The molecule has 1 amide bonds. The third-order valence-electron chi connectivity index (χ3n) is 3.23. The molecule has 5 nitrogen and oxygen atoms in total. The monoisotopic (exact) mass is 283 g/mol. The van der Waals surface area contributed by atoms with Gasteiger partial charge < -0.3 is 0 Å². The van der Waals surface area contributed by atoms with Crippen LogP contribution in [-0.2, 0) is 4.79 Å². The van der Waals surface area contributed by atoms with E-state index in [1.165, 1.54) is 0 Å². The standard InChI is InChI=1S/C16H17N3O2/c1-11-4-5-13(10-12(11)2)14(20)6-7-15(21)19-16-17-8-3-9-18-16/h3-5,8-10H,6-7H2,1-2H3,(H,17,18,19,21). The van der Waals surface area contributed by atoms with Crippen LogP contribution in [0.1, 0.15) is 34.3 Å². The number of hydrogen-bond acceptors (Lipinski definition) is 4. The average molecular weight is 283 g/mol. The van der Waals surface area contributed by atoms with Crippen molar-refractivity contribution in [2.45, 2.75) is 26.7 Å². The van der Waals surface area contributed by atoms with Crippen LogP contribution >= 0.6 is 0 Å². The second-order valence-electron chi connectivity index (χ2n) is 4.84. The zero-order chi connectivity index (χ0) is 15.2. The number of ketones is 1. The van der Waals surface area contributed by atoms with Crippen LogP contribution in [-0.4, -0.2) is 21.7 Å². The molecule has 5 heteroatoms. The number of carbonyl (C=O) groups excluding carboxylic acids is 2. The number of aryl methyl sites for hydroxylation is 2. The first-order chi connectivity index (χ1) is 10.1. The molecule has 0 bridgehead atoms. The van der Waals surface area contributed by atoms with Gasteiger partial charge in [-0.1, -0.05) is 12.1 Å². The Hall–Kier alpha value is -2.56. The van der Waals surface area contributed by atoms with Gasteiger partial charge in [0.05, 0.1) is 0 Å². The summed E-state index contributed by atoms with van der Waals surface area (Å²) < 4.78 is 0. The van der Waals surface area contributed by atoms with Crippen molar-refractivity contribution in [3.05, 3.63) is 53.3 Å². The van der Waals surface area contributed by atoms with Gasteiger partial charge in [0.1, 0.15) is 0 Å². The number of rotatable bonds is 5. The van der Waals surface area contributed by atoms with Crippen molar-refractivity contribution in [3.8, 4) is 0 Å². The van der Waals surface area contributed by atoms with Crippen molar-refractivity contribution in [2.24, 2.45) is 0 Å². The topological polar surface area (TPSA) is 72.0 Å². The summed E-state index contributed by atoms with van der Waals surface area (Å²) >= 11 is 0. The molecule has 2 rings (SSSR count). The van der Waals surface area contributed by atoms with E-state index in [1.54, 1.807) is 24.5 Å². The van der Waals surface area contributed by atoms with Crippen LogP contribution in [0.4, 0.5) is 5.95 Å². The van der Waals surface area contributed by atoms with Gasteiger partial charge in [0.2, 0.25) is 11.9 Å². The van der Waals surface area contributed by atoms with E-state index in [0.29, 0.717) is 5.56 Å². The summed E-state index contributed by atoms with van der Waals surface area (Å²) in [7, 11) is 0. The van der Waals surface area contributed by atoms with Crippen LogP contribution in [0.15, 0.2) is 36.7 Å². The van der Waals surface area contributed by atoms with Crippen LogP contribution in [0, 0.1) is 13.8 Å². The van der Waals surface area contributed by atoms with Gasteiger partial charge in [0.25, 0.3) is 0 Å². The Morgan fingerprint density at radius 3 is 2.43 bits per heavy atom. The van der Waals surface area contributed by atoms with E-state index in [4.69, 9.17) is 0 Å². The Labute approximate surface area is 123 Å². The fourth-order valence-electron chi connectivity index (χ4n) is 1.84. The Bertz CT molecular complexity index is 654. The molecule has 1 aromatic carbocycles. The van der Waals surface area contributed by atoms with Gasteiger partial charge in [-0.15, -0.1) is 0 Å². The largest absolute Gasteiger partial charge is 0.295 e. The van der Waals surface area contributed by atoms with E-state index in [9.17, 15) is 9.59 Å². The highest BCUT2D eigenvalue weighted by molar-refractivity contribution is 5.99. The van der Waals surface area contributed by atoms with Crippen molar-refractivity contribution in [1.29, 1.82) is 0 Å². The third-order valence-corrected chi connectivity index (χ3v) is 3.23. The molecule has 0 saturated heterocycles. The lowest BCUT2D eigenvalue weighted by molar-refractivity contribution is -0.116. The predicted molar refractivity (Wildman–Crippen MR) is 80.1 cm³/mol. The first kappa shape index (κ1) is 14.8. The van der Waals surface area contributed by atoms with Crippen molar-refractivity contribution >= 4 is 17.6 Å². The molecule has 0 fully saturated rings. The summed E-state index contributed by atoms with van der Waals surface area (Å²) in [6.45, 7) is 3.96. The van der Waals surface area contributed by atoms with Crippen LogP contribution in [0.25, 0.3) is 0 Å². The second-order valence-corrected chi connectivity index (χ2v) is 4.84. The molecule has 0 aliphatic rings. The quantitative estimate of drug-likeness (QED) is 0.856. The average Bonchev–Trinajstić information content (AvgIpc) is 2.48. The Morgan fingerprint density at radius 1 is 1.05 bits per heavy atom. The smallest absolute Gasteiger partial charge is 0.229 e. The molecule has 0 saturated carbocycles. The van der Waals surface area contributed by atoms with Crippen LogP contribution in [0.5, 0.6) is 0 Å². The number of benzene rings is 1. The second kappa shape index (κ2) is 6.74. The zero-order valence-corrected chi connectivity index (χ0v) is 12.1. The first-order valence-corrected chi connectivity index (χ1v) is 6.73. The molecule has 0 aliphatic carbocycles. The number of carbonyl (C=O) groups is 2. The van der Waals surface area contributed by atoms with E-state index in [-0.39, 0.29) is 30.5 Å². The predicted octanol–water partition coefficient (Wildman–Crippen LogP) is 2.70. The van der Waals surface area contributed by atoms with Gasteiger partial charge in [-0.2, -0.15) is 0 Å². The Morgan fingerprint density at radius 2 is 1.76 bits per heavy atom. The van der Waals surface area contributed by atoms with Crippen molar-refractivity contribution in [3.63, 3.8) is 0 Å². The molecule has 0 aliphatic heterocycles. The van der Waals surface area contributed by atoms with Gasteiger partial charge in [-0.3, -0.25) is 14.9 Å².